The molecule has 3 aromatic rings. The van der Waals surface area contributed by atoms with Gasteiger partial charge in [0.25, 0.3) is 11.8 Å². The van der Waals surface area contributed by atoms with Crippen LogP contribution in [0.5, 0.6) is 5.75 Å². The van der Waals surface area contributed by atoms with E-state index in [1.54, 1.807) is 6.07 Å². The number of fused-ring (bicyclic) bond motifs is 1. The Hall–Kier alpha value is -3.29. The Balaban J connectivity index is 1.21. The lowest BCUT2D eigenvalue weighted by atomic mass is 10.0. The summed E-state index contributed by atoms with van der Waals surface area (Å²) in [4.78, 5) is 39.0. The molecule has 37 heavy (non-hydrogen) atoms. The van der Waals surface area contributed by atoms with Crippen LogP contribution in [0, 0.1) is 13.8 Å². The van der Waals surface area contributed by atoms with Crippen LogP contribution in [0.25, 0.3) is 0 Å². The number of rotatable bonds is 9. The molecule has 2 amide bonds. The number of hydrogen-bond donors (Lipinski definition) is 2. The van der Waals surface area contributed by atoms with E-state index in [9.17, 15) is 19.5 Å². The predicted molar refractivity (Wildman–Crippen MR) is 139 cm³/mol. The zero-order valence-electron chi connectivity index (χ0n) is 19.8. The number of aliphatic carboxylic acids is 1. The van der Waals surface area contributed by atoms with Gasteiger partial charge in [-0.2, -0.15) is 0 Å². The van der Waals surface area contributed by atoms with Crippen molar-refractivity contribution in [3.8, 4) is 5.75 Å². The third-order valence-electron chi connectivity index (χ3n) is 5.76. The molecule has 10 nitrogen and oxygen atoms in total. The minimum absolute atomic E-state index is 0.0263. The molecular formula is C24H22N4O6S3. The van der Waals surface area contributed by atoms with Gasteiger partial charge < -0.3 is 19.6 Å². The molecule has 1 saturated heterocycles. The summed E-state index contributed by atoms with van der Waals surface area (Å²) in [7, 11) is 0. The van der Waals surface area contributed by atoms with Gasteiger partial charge in [-0.1, -0.05) is 41.3 Å². The molecule has 2 atom stereocenters. The molecule has 0 aliphatic carbocycles. The minimum Gasteiger partial charge on any atom is -0.485 e. The van der Waals surface area contributed by atoms with Crippen molar-refractivity contribution < 1.29 is 28.6 Å². The highest BCUT2D eigenvalue weighted by Gasteiger charge is 2.54. The molecule has 4 heterocycles. The first-order valence-electron chi connectivity index (χ1n) is 11.2. The third kappa shape index (κ3) is 5.24. The second kappa shape index (κ2) is 10.6. The zero-order chi connectivity index (χ0) is 26.1. The fraction of sp³-hybridized carbons (Fsp3) is 0.292. The van der Waals surface area contributed by atoms with Crippen molar-refractivity contribution in [2.24, 2.45) is 0 Å². The van der Waals surface area contributed by atoms with Crippen LogP contribution in [0.15, 0.2) is 56.4 Å². The Morgan fingerprint density at radius 1 is 1.24 bits per heavy atom. The van der Waals surface area contributed by atoms with Gasteiger partial charge in [0, 0.05) is 11.5 Å². The molecule has 0 radical (unpaired) electrons. The first kappa shape index (κ1) is 25.4. The van der Waals surface area contributed by atoms with Crippen LogP contribution in [0.4, 0.5) is 0 Å². The largest absolute Gasteiger partial charge is 0.485 e. The summed E-state index contributed by atoms with van der Waals surface area (Å²) >= 11 is 4.24. The normalized spacial score (nSPS) is 18.9. The van der Waals surface area contributed by atoms with Crippen LogP contribution >= 0.6 is 34.9 Å². The fourth-order valence-corrected chi connectivity index (χ4v) is 7.24. The number of aryl methyl sites for hydroxylation is 2. The summed E-state index contributed by atoms with van der Waals surface area (Å²) in [6, 6.07) is 9.90. The number of nitrogens with zero attached hydrogens (tertiary/aromatic N) is 3. The van der Waals surface area contributed by atoms with Crippen molar-refractivity contribution in [1.29, 1.82) is 0 Å². The Kier molecular flexibility index (Phi) is 7.26. The van der Waals surface area contributed by atoms with E-state index in [-0.39, 0.29) is 18.1 Å². The number of aromatic nitrogens is 2. The number of carboxylic acid groups (broad SMARTS) is 1. The second-order valence-corrected chi connectivity index (χ2v) is 11.8. The number of thioether (sulfide) groups is 2. The van der Waals surface area contributed by atoms with Gasteiger partial charge in [0.2, 0.25) is 0 Å². The van der Waals surface area contributed by atoms with E-state index >= 15 is 0 Å². The number of benzene rings is 1. The number of furan rings is 1. The molecule has 0 unspecified atom stereocenters. The number of nitrogens with one attached hydrogen (secondary N) is 1. The molecule has 13 heteroatoms. The zero-order valence-corrected chi connectivity index (χ0v) is 22.2. The molecule has 2 aliphatic rings. The maximum absolute atomic E-state index is 12.9. The molecule has 2 N–H and O–H groups in total. The quantitative estimate of drug-likeness (QED) is 0.297. The highest BCUT2D eigenvalue weighted by atomic mass is 32.2. The molecule has 192 valence electrons. The van der Waals surface area contributed by atoms with E-state index in [0.717, 1.165) is 20.7 Å². The van der Waals surface area contributed by atoms with E-state index in [2.05, 4.69) is 15.5 Å². The van der Waals surface area contributed by atoms with Crippen LogP contribution in [0.1, 0.15) is 26.9 Å². The molecular weight excluding hydrogens is 536 g/mol. The monoisotopic (exact) mass is 558 g/mol. The van der Waals surface area contributed by atoms with Crippen molar-refractivity contribution in [1.82, 2.24) is 20.4 Å². The number of carbonyl (C=O) groups excluding carboxylic acids is 2. The van der Waals surface area contributed by atoms with Crippen LogP contribution in [0.2, 0.25) is 0 Å². The first-order chi connectivity index (χ1) is 17.8. The highest BCUT2D eigenvalue weighted by Crippen LogP contribution is 2.42. The number of amides is 2. The van der Waals surface area contributed by atoms with E-state index in [1.165, 1.54) is 45.8 Å². The molecule has 1 aromatic carbocycles. The van der Waals surface area contributed by atoms with Gasteiger partial charge in [0.15, 0.2) is 10.1 Å². The summed E-state index contributed by atoms with van der Waals surface area (Å²) in [5.74, 6) is -0.138. The molecule has 2 aromatic heterocycles. The van der Waals surface area contributed by atoms with Crippen molar-refractivity contribution in [2.45, 2.75) is 36.2 Å². The minimum atomic E-state index is -1.17. The van der Waals surface area contributed by atoms with Crippen LogP contribution in [0.3, 0.4) is 0 Å². The number of carbonyl (C=O) groups is 3. The first-order valence-corrected chi connectivity index (χ1v) is 14.1. The van der Waals surface area contributed by atoms with E-state index < -0.39 is 29.2 Å². The summed E-state index contributed by atoms with van der Waals surface area (Å²) in [5, 5.41) is 20.9. The van der Waals surface area contributed by atoms with Gasteiger partial charge >= 0.3 is 5.97 Å². The van der Waals surface area contributed by atoms with Gasteiger partial charge in [0.05, 0.1) is 0 Å². The lowest BCUT2D eigenvalue weighted by Gasteiger charge is -2.49. The molecule has 0 saturated carbocycles. The summed E-state index contributed by atoms with van der Waals surface area (Å²) in [6.45, 7) is 3.93. The highest BCUT2D eigenvalue weighted by molar-refractivity contribution is 8.01. The van der Waals surface area contributed by atoms with Crippen molar-refractivity contribution in [3.63, 3.8) is 0 Å². The van der Waals surface area contributed by atoms with Gasteiger partial charge in [0.1, 0.15) is 40.2 Å². The van der Waals surface area contributed by atoms with E-state index in [4.69, 9.17) is 9.15 Å². The molecule has 5 rings (SSSR count). The average molecular weight is 559 g/mol. The molecule has 1 fully saturated rings. The number of para-hydroxylation sites is 1. The summed E-state index contributed by atoms with van der Waals surface area (Å²) in [6.07, 6.45) is 0. The standard InChI is InChI=1S/C24H22N4O6S3/c1-12-5-3-4-6-16(12)33-9-15-7-8-17(34-15)20(29)25-18-21(30)28-19(23(31)32)14(10-35-22(18)28)11-36-24-27-26-13(2)37-24/h3-8,18,22H,9-11H2,1-2H3,(H,25,29)(H,31,32)/t18-,22-/m1/s1. The number of hydrogen-bond acceptors (Lipinski definition) is 10. The third-order valence-corrected chi connectivity index (χ3v) is 9.16. The van der Waals surface area contributed by atoms with Gasteiger partial charge in [-0.3, -0.25) is 14.5 Å². The van der Waals surface area contributed by atoms with Crippen LogP contribution < -0.4 is 10.1 Å². The second-order valence-electron chi connectivity index (χ2n) is 8.31. The molecule has 0 spiro atoms. The van der Waals surface area contributed by atoms with Gasteiger partial charge in [-0.15, -0.1) is 22.0 Å². The molecule has 0 bridgehead atoms. The van der Waals surface area contributed by atoms with Crippen molar-refractivity contribution in [2.75, 3.05) is 11.5 Å². The van der Waals surface area contributed by atoms with E-state index in [1.807, 2.05) is 38.1 Å². The lowest BCUT2D eigenvalue weighted by Crippen LogP contribution is -2.70. The average Bonchev–Trinajstić information content (AvgIpc) is 3.53. The van der Waals surface area contributed by atoms with Crippen LogP contribution in [-0.4, -0.2) is 60.9 Å². The summed E-state index contributed by atoms with van der Waals surface area (Å²) in [5.41, 5.74) is 1.59. The predicted octanol–water partition coefficient (Wildman–Crippen LogP) is 3.47. The van der Waals surface area contributed by atoms with E-state index in [0.29, 0.717) is 22.8 Å². The van der Waals surface area contributed by atoms with Gasteiger partial charge in [-0.05, 0) is 43.2 Å². The number of carboxylic acids is 1. The van der Waals surface area contributed by atoms with Crippen molar-refractivity contribution in [3.05, 3.63) is 69.8 Å². The smallest absolute Gasteiger partial charge is 0.352 e. The number of β-lactam (4-membered cyclic amide) rings is 1. The van der Waals surface area contributed by atoms with Crippen LogP contribution in [-0.2, 0) is 16.2 Å². The Bertz CT molecular complexity index is 1400. The SMILES string of the molecule is Cc1nnc(SCC2=C(C(=O)O)N3C(=O)[C@@H](NC(=O)c4ccc(COc5ccccc5C)o4)[C@H]3SC2)s1. The molecule has 2 aliphatic heterocycles. The number of ether oxygens (including phenoxy) is 1. The van der Waals surface area contributed by atoms with Crippen molar-refractivity contribution >= 4 is 52.6 Å². The maximum atomic E-state index is 12.9. The Morgan fingerprint density at radius 2 is 2.05 bits per heavy atom. The maximum Gasteiger partial charge on any atom is 0.352 e. The topological polar surface area (TPSA) is 135 Å². The van der Waals surface area contributed by atoms with Gasteiger partial charge in [-0.25, -0.2) is 4.79 Å². The lowest BCUT2D eigenvalue weighted by molar-refractivity contribution is -0.148. The Morgan fingerprint density at radius 3 is 2.78 bits per heavy atom. The Labute approximate surface area is 224 Å². The fourth-order valence-electron chi connectivity index (χ4n) is 3.94. The summed E-state index contributed by atoms with van der Waals surface area (Å²) < 4.78 is 12.1.